The van der Waals surface area contributed by atoms with Crippen LogP contribution in [0.4, 0.5) is 0 Å². The first kappa shape index (κ1) is 20.5. The standard InChI is InChI=1S/C19H27N5O3S/c1-4-17-16(14-21-24(17)18-8-6-7-11-20-18)19(25)23-12-9-15(10-13-23)22(3)28(26,27)5-2/h6-8,11,14-15H,4-5,9-10,12-13H2,1-3H3. The zero-order valence-corrected chi connectivity index (χ0v) is 17.4. The summed E-state index contributed by atoms with van der Waals surface area (Å²) < 4.78 is 27.3. The molecule has 0 aromatic carbocycles. The maximum atomic E-state index is 13.1. The van der Waals surface area contributed by atoms with E-state index in [1.165, 1.54) is 4.31 Å². The highest BCUT2D eigenvalue weighted by molar-refractivity contribution is 7.89. The molecule has 0 aliphatic carbocycles. The minimum Gasteiger partial charge on any atom is -0.338 e. The molecule has 0 bridgehead atoms. The number of carbonyl (C=O) groups excluding carboxylic acids is 1. The van der Waals surface area contributed by atoms with Gasteiger partial charge in [0, 0.05) is 32.4 Å². The molecule has 1 aliphatic heterocycles. The van der Waals surface area contributed by atoms with E-state index >= 15 is 0 Å². The van der Waals surface area contributed by atoms with Gasteiger partial charge in [-0.1, -0.05) is 13.0 Å². The maximum absolute atomic E-state index is 13.1. The lowest BCUT2D eigenvalue weighted by molar-refractivity contribution is 0.0685. The van der Waals surface area contributed by atoms with Crippen molar-refractivity contribution in [3.8, 4) is 5.82 Å². The Morgan fingerprint density at radius 3 is 2.54 bits per heavy atom. The summed E-state index contributed by atoms with van der Waals surface area (Å²) in [6, 6.07) is 5.52. The zero-order valence-electron chi connectivity index (χ0n) is 16.6. The van der Waals surface area contributed by atoms with E-state index in [0.717, 1.165) is 5.69 Å². The number of hydrogen-bond donors (Lipinski definition) is 0. The van der Waals surface area contributed by atoms with Gasteiger partial charge in [-0.15, -0.1) is 0 Å². The van der Waals surface area contributed by atoms with Gasteiger partial charge in [0.05, 0.1) is 23.2 Å². The van der Waals surface area contributed by atoms with Crippen molar-refractivity contribution in [2.24, 2.45) is 0 Å². The number of nitrogens with zero attached hydrogens (tertiary/aromatic N) is 5. The van der Waals surface area contributed by atoms with Crippen LogP contribution in [-0.4, -0.2) is 70.2 Å². The van der Waals surface area contributed by atoms with E-state index in [0.29, 0.717) is 43.7 Å². The van der Waals surface area contributed by atoms with Gasteiger partial charge in [-0.05, 0) is 38.3 Å². The number of piperidine rings is 1. The summed E-state index contributed by atoms with van der Waals surface area (Å²) in [5, 5.41) is 4.38. The van der Waals surface area contributed by atoms with Crippen molar-refractivity contribution in [1.82, 2.24) is 24.0 Å². The number of aromatic nitrogens is 3. The third-order valence-corrected chi connectivity index (χ3v) is 7.28. The Balaban J connectivity index is 1.73. The third kappa shape index (κ3) is 3.95. The average molecular weight is 406 g/mol. The molecule has 0 unspecified atom stereocenters. The SMILES string of the molecule is CCc1c(C(=O)N2CCC(N(C)S(=O)(=O)CC)CC2)cnn1-c1ccccn1. The molecule has 1 aliphatic rings. The van der Waals surface area contributed by atoms with Gasteiger partial charge in [-0.2, -0.15) is 5.10 Å². The fourth-order valence-electron chi connectivity index (χ4n) is 3.60. The quantitative estimate of drug-likeness (QED) is 0.730. The van der Waals surface area contributed by atoms with Crippen LogP contribution < -0.4 is 0 Å². The van der Waals surface area contributed by atoms with E-state index in [9.17, 15) is 13.2 Å². The summed E-state index contributed by atoms with van der Waals surface area (Å²) in [6.45, 7) is 4.70. The van der Waals surface area contributed by atoms with Crippen LogP contribution in [0.1, 0.15) is 42.7 Å². The Bertz CT molecular complexity index is 918. The van der Waals surface area contributed by atoms with Gasteiger partial charge in [0.2, 0.25) is 10.0 Å². The lowest BCUT2D eigenvalue weighted by atomic mass is 10.0. The van der Waals surface area contributed by atoms with E-state index < -0.39 is 10.0 Å². The first-order valence-electron chi connectivity index (χ1n) is 9.62. The second-order valence-electron chi connectivity index (χ2n) is 6.90. The van der Waals surface area contributed by atoms with Crippen LogP contribution in [0.25, 0.3) is 5.82 Å². The second-order valence-corrected chi connectivity index (χ2v) is 9.22. The Hall–Kier alpha value is -2.26. The van der Waals surface area contributed by atoms with E-state index in [4.69, 9.17) is 0 Å². The Morgan fingerprint density at radius 2 is 1.96 bits per heavy atom. The van der Waals surface area contributed by atoms with Crippen LogP contribution in [0.15, 0.2) is 30.6 Å². The largest absolute Gasteiger partial charge is 0.338 e. The number of carbonyl (C=O) groups is 1. The predicted molar refractivity (Wildman–Crippen MR) is 107 cm³/mol. The maximum Gasteiger partial charge on any atom is 0.257 e. The third-order valence-electron chi connectivity index (χ3n) is 5.37. The number of rotatable bonds is 6. The van der Waals surface area contributed by atoms with E-state index in [1.807, 2.05) is 25.1 Å². The van der Waals surface area contributed by atoms with Gasteiger partial charge in [0.25, 0.3) is 5.91 Å². The molecule has 0 radical (unpaired) electrons. The molecule has 152 valence electrons. The summed E-state index contributed by atoms with van der Waals surface area (Å²) in [5.74, 6) is 0.719. The summed E-state index contributed by atoms with van der Waals surface area (Å²) in [5.41, 5.74) is 1.41. The first-order valence-corrected chi connectivity index (χ1v) is 11.2. The van der Waals surface area contributed by atoms with Crippen LogP contribution in [0.3, 0.4) is 0 Å². The highest BCUT2D eigenvalue weighted by atomic mass is 32.2. The van der Waals surface area contributed by atoms with Gasteiger partial charge < -0.3 is 4.90 Å². The van der Waals surface area contributed by atoms with Crippen molar-refractivity contribution < 1.29 is 13.2 Å². The number of likely N-dealkylation sites (tertiary alicyclic amines) is 1. The average Bonchev–Trinajstić information content (AvgIpc) is 3.17. The number of hydrogen-bond acceptors (Lipinski definition) is 5. The first-order chi connectivity index (χ1) is 13.4. The summed E-state index contributed by atoms with van der Waals surface area (Å²) in [7, 11) is -1.58. The molecule has 1 fully saturated rings. The lowest BCUT2D eigenvalue weighted by Crippen LogP contribution is -2.47. The second kappa shape index (κ2) is 8.40. The molecule has 1 amide bonds. The van der Waals surface area contributed by atoms with E-state index in [2.05, 4.69) is 10.1 Å². The molecule has 9 heteroatoms. The minimum atomic E-state index is -3.22. The Morgan fingerprint density at radius 1 is 1.25 bits per heavy atom. The van der Waals surface area contributed by atoms with Gasteiger partial charge in [0.15, 0.2) is 5.82 Å². The fraction of sp³-hybridized carbons (Fsp3) is 0.526. The van der Waals surface area contributed by atoms with Gasteiger partial charge >= 0.3 is 0 Å². The van der Waals surface area contributed by atoms with E-state index in [1.54, 1.807) is 35.9 Å². The van der Waals surface area contributed by atoms with Crippen molar-refractivity contribution in [3.63, 3.8) is 0 Å². The topological polar surface area (TPSA) is 88.4 Å². The van der Waals surface area contributed by atoms with Crippen LogP contribution in [-0.2, 0) is 16.4 Å². The van der Waals surface area contributed by atoms with Crippen molar-refractivity contribution in [1.29, 1.82) is 0 Å². The zero-order chi connectivity index (χ0) is 20.3. The molecule has 0 saturated carbocycles. The molecular formula is C19H27N5O3S. The Kier molecular flexibility index (Phi) is 6.14. The normalized spacial score (nSPS) is 15.9. The number of sulfonamides is 1. The van der Waals surface area contributed by atoms with Gasteiger partial charge in [0.1, 0.15) is 0 Å². The van der Waals surface area contributed by atoms with Crippen molar-refractivity contribution in [2.75, 3.05) is 25.9 Å². The van der Waals surface area contributed by atoms with Crippen molar-refractivity contribution in [3.05, 3.63) is 41.9 Å². The predicted octanol–water partition coefficient (Wildman–Crippen LogP) is 1.72. The lowest BCUT2D eigenvalue weighted by Gasteiger charge is -2.36. The van der Waals surface area contributed by atoms with Crippen LogP contribution in [0, 0.1) is 0 Å². The molecule has 0 spiro atoms. The highest BCUT2D eigenvalue weighted by Gasteiger charge is 2.31. The number of pyridine rings is 1. The summed E-state index contributed by atoms with van der Waals surface area (Å²) in [4.78, 5) is 19.2. The van der Waals surface area contributed by atoms with Crippen molar-refractivity contribution in [2.45, 2.75) is 39.2 Å². The molecule has 2 aromatic rings. The molecule has 0 N–H and O–H groups in total. The number of amides is 1. The molecule has 0 atom stereocenters. The smallest absolute Gasteiger partial charge is 0.257 e. The molecule has 3 heterocycles. The molecule has 28 heavy (non-hydrogen) atoms. The summed E-state index contributed by atoms with van der Waals surface area (Å²) in [6.07, 6.45) is 5.24. The molecule has 8 nitrogen and oxygen atoms in total. The molecule has 1 saturated heterocycles. The Labute approximate surface area is 166 Å². The molecular weight excluding hydrogens is 378 g/mol. The highest BCUT2D eigenvalue weighted by Crippen LogP contribution is 2.22. The van der Waals surface area contributed by atoms with Gasteiger partial charge in [-0.25, -0.2) is 22.4 Å². The van der Waals surface area contributed by atoms with Crippen molar-refractivity contribution >= 4 is 15.9 Å². The van der Waals surface area contributed by atoms with Crippen LogP contribution in [0.5, 0.6) is 0 Å². The fourth-order valence-corrected chi connectivity index (χ4v) is 4.68. The van der Waals surface area contributed by atoms with Crippen LogP contribution >= 0.6 is 0 Å². The summed E-state index contributed by atoms with van der Waals surface area (Å²) >= 11 is 0. The van der Waals surface area contributed by atoms with Gasteiger partial charge in [-0.3, -0.25) is 4.79 Å². The van der Waals surface area contributed by atoms with Crippen LogP contribution in [0.2, 0.25) is 0 Å². The van der Waals surface area contributed by atoms with E-state index in [-0.39, 0.29) is 17.7 Å². The minimum absolute atomic E-state index is 0.0570. The monoisotopic (exact) mass is 405 g/mol. The molecule has 2 aromatic heterocycles. The molecule has 3 rings (SSSR count).